The number of amides is 2. The number of aromatic nitrogens is 1. The van der Waals surface area contributed by atoms with Crippen LogP contribution >= 0.6 is 11.3 Å². The second-order valence-electron chi connectivity index (χ2n) is 6.18. The average molecular weight is 479 g/mol. The molecule has 0 aromatic carbocycles. The van der Waals surface area contributed by atoms with E-state index in [1.54, 1.807) is 0 Å². The van der Waals surface area contributed by atoms with Gasteiger partial charge in [-0.1, -0.05) is 5.16 Å². The second kappa shape index (κ2) is 10.7. The third kappa shape index (κ3) is 6.37. The van der Waals surface area contributed by atoms with Crippen LogP contribution in [0.15, 0.2) is 10.5 Å². The Kier molecular flexibility index (Phi) is 10.4. The van der Waals surface area contributed by atoms with Crippen molar-refractivity contribution >= 4 is 50.3 Å². The molecule has 2 atom stereocenters. The molecular formula is C13H15N5Na2O8S2. The van der Waals surface area contributed by atoms with Crippen LogP contribution in [0.5, 0.6) is 0 Å². The summed E-state index contributed by atoms with van der Waals surface area (Å²) in [5, 5.41) is 18.1. The van der Waals surface area contributed by atoms with Gasteiger partial charge in [-0.15, -0.1) is 11.3 Å². The summed E-state index contributed by atoms with van der Waals surface area (Å²) in [5.74, 6) is -3.75. The SMILES string of the molecule is C[C@H]1[C@H](NC(=O)/C(=N\OC(C)(C)C(=O)[O-])c2csc(N)n2)C(=O)N1S(=O)(=O)[O-].[Na+].[Na+]. The summed E-state index contributed by atoms with van der Waals surface area (Å²) < 4.78 is 33.1. The number of nitrogens with one attached hydrogen (secondary N) is 1. The molecule has 17 heteroatoms. The van der Waals surface area contributed by atoms with Crippen LogP contribution in [0.4, 0.5) is 5.13 Å². The Morgan fingerprint density at radius 3 is 2.37 bits per heavy atom. The molecule has 1 aliphatic heterocycles. The first kappa shape index (κ1) is 29.2. The van der Waals surface area contributed by atoms with Crippen molar-refractivity contribution < 1.29 is 96.4 Å². The van der Waals surface area contributed by atoms with E-state index in [-0.39, 0.29) is 74.2 Å². The zero-order chi connectivity index (χ0) is 21.4. The molecule has 1 fully saturated rings. The van der Waals surface area contributed by atoms with E-state index in [4.69, 9.17) is 10.6 Å². The number of carbonyl (C=O) groups is 3. The van der Waals surface area contributed by atoms with Gasteiger partial charge in [0.25, 0.3) is 11.8 Å². The Bertz CT molecular complexity index is 964. The number of hydrogen-bond acceptors (Lipinski definition) is 12. The number of oxime groups is 1. The van der Waals surface area contributed by atoms with Gasteiger partial charge in [0.15, 0.2) is 26.7 Å². The molecule has 0 radical (unpaired) electrons. The Morgan fingerprint density at radius 2 is 1.97 bits per heavy atom. The van der Waals surface area contributed by atoms with Crippen LogP contribution < -0.4 is 75.3 Å². The number of thiazole rings is 1. The third-order valence-electron chi connectivity index (χ3n) is 3.70. The molecule has 0 saturated carbocycles. The maximum atomic E-state index is 12.5. The minimum atomic E-state index is -5.01. The van der Waals surface area contributed by atoms with E-state index in [2.05, 4.69) is 15.5 Å². The number of carbonyl (C=O) groups excluding carboxylic acids is 3. The fourth-order valence-corrected chi connectivity index (χ4v) is 3.51. The molecule has 30 heavy (non-hydrogen) atoms. The molecule has 1 aromatic heterocycles. The number of nitrogen functional groups attached to an aromatic ring is 1. The van der Waals surface area contributed by atoms with Crippen LogP contribution in [0, 0.1) is 0 Å². The van der Waals surface area contributed by atoms with E-state index in [0.29, 0.717) is 0 Å². The average Bonchev–Trinajstić information content (AvgIpc) is 2.97. The molecule has 1 aromatic rings. The standard InChI is InChI=1S/C13H17N5O8S2.2Na/c1-5-7(10(20)18(5)28(23,24)25)16-9(19)8(6-4-27-12(14)15-6)17-26-13(2,3)11(21)22;;/h4-5,7H,1-3H3,(H2,14,15)(H,16,19)(H,21,22)(H,23,24,25);;/q;2*+1/p-2/b17-8-;;/t5-,7-;;/m0../s1. The molecule has 1 aliphatic rings. The summed E-state index contributed by atoms with van der Waals surface area (Å²) in [6, 6.07) is -2.44. The van der Waals surface area contributed by atoms with E-state index < -0.39 is 51.5 Å². The van der Waals surface area contributed by atoms with Crippen molar-refractivity contribution in [3.63, 3.8) is 0 Å². The number of nitrogens with two attached hydrogens (primary N) is 1. The van der Waals surface area contributed by atoms with E-state index in [1.165, 1.54) is 12.3 Å². The number of nitrogens with zero attached hydrogens (tertiary/aromatic N) is 3. The van der Waals surface area contributed by atoms with E-state index in [0.717, 1.165) is 25.2 Å². The Balaban J connectivity index is 0.00000420. The normalized spacial score (nSPS) is 19.1. The zero-order valence-electron chi connectivity index (χ0n) is 16.7. The van der Waals surface area contributed by atoms with E-state index >= 15 is 0 Å². The molecule has 2 rings (SSSR count). The molecule has 0 spiro atoms. The molecule has 154 valence electrons. The summed E-state index contributed by atoms with van der Waals surface area (Å²) in [4.78, 5) is 44.1. The van der Waals surface area contributed by atoms with Gasteiger partial charge in [0.1, 0.15) is 11.7 Å². The minimum absolute atomic E-state index is 0. The summed E-state index contributed by atoms with van der Waals surface area (Å²) in [7, 11) is -5.01. The Labute approximate surface area is 219 Å². The van der Waals surface area contributed by atoms with Crippen LogP contribution in [-0.4, -0.2) is 63.4 Å². The van der Waals surface area contributed by atoms with Crippen LogP contribution in [0.1, 0.15) is 26.5 Å². The number of rotatable bonds is 7. The fraction of sp³-hybridized carbons (Fsp3) is 0.462. The van der Waals surface area contributed by atoms with Gasteiger partial charge < -0.3 is 30.3 Å². The van der Waals surface area contributed by atoms with Crippen LogP contribution in [0.2, 0.25) is 0 Å². The van der Waals surface area contributed by atoms with Gasteiger partial charge in [0, 0.05) is 5.38 Å². The Hall–Kier alpha value is -0.780. The fourth-order valence-electron chi connectivity index (χ4n) is 2.10. The van der Waals surface area contributed by atoms with Crippen molar-refractivity contribution in [3.8, 4) is 0 Å². The summed E-state index contributed by atoms with van der Waals surface area (Å²) in [5.41, 5.74) is 3.04. The molecule has 3 N–H and O–H groups in total. The first-order chi connectivity index (χ1) is 12.8. The van der Waals surface area contributed by atoms with Crippen LogP contribution in [0.3, 0.4) is 0 Å². The number of carboxylic acid groups (broad SMARTS) is 1. The Morgan fingerprint density at radius 1 is 1.40 bits per heavy atom. The van der Waals surface area contributed by atoms with Gasteiger partial charge in [0.2, 0.25) is 0 Å². The van der Waals surface area contributed by atoms with Gasteiger partial charge >= 0.3 is 59.1 Å². The molecule has 0 unspecified atom stereocenters. The van der Waals surface area contributed by atoms with Gasteiger partial charge in [0.05, 0.1) is 12.0 Å². The predicted octanol–water partition coefficient (Wildman–Crippen LogP) is -8.84. The number of β-lactam (4-membered cyclic amide) rings is 1. The molecule has 1 saturated heterocycles. The van der Waals surface area contributed by atoms with E-state index in [1.807, 2.05) is 0 Å². The second-order valence-corrected chi connectivity index (χ2v) is 8.32. The molecule has 2 heterocycles. The minimum Gasteiger partial charge on any atom is -0.731 e. The molecule has 2 amide bonds. The quantitative estimate of drug-likeness (QED) is 0.124. The van der Waals surface area contributed by atoms with E-state index in [9.17, 15) is 32.5 Å². The van der Waals surface area contributed by atoms with Gasteiger partial charge in [-0.2, -0.15) is 0 Å². The number of carboxylic acids is 1. The molecule has 0 bridgehead atoms. The largest absolute Gasteiger partial charge is 1.00 e. The van der Waals surface area contributed by atoms with Crippen molar-refractivity contribution in [2.45, 2.75) is 38.5 Å². The van der Waals surface area contributed by atoms with Crippen LogP contribution in [0.25, 0.3) is 0 Å². The number of hydrogen-bond donors (Lipinski definition) is 2. The summed E-state index contributed by atoms with van der Waals surface area (Å²) >= 11 is 0.959. The molecule has 13 nitrogen and oxygen atoms in total. The van der Waals surface area contributed by atoms with Crippen LogP contribution in [-0.2, 0) is 29.5 Å². The maximum absolute atomic E-state index is 12.5. The first-order valence-corrected chi connectivity index (χ1v) is 9.79. The zero-order valence-corrected chi connectivity index (χ0v) is 22.4. The van der Waals surface area contributed by atoms with Crippen molar-refractivity contribution in [3.05, 3.63) is 11.1 Å². The summed E-state index contributed by atoms with van der Waals surface area (Å²) in [6.45, 7) is 3.51. The predicted molar refractivity (Wildman–Crippen MR) is 91.2 cm³/mol. The van der Waals surface area contributed by atoms with Crippen molar-refractivity contribution in [2.24, 2.45) is 5.16 Å². The third-order valence-corrected chi connectivity index (χ3v) is 5.37. The maximum Gasteiger partial charge on any atom is 1.00 e. The van der Waals surface area contributed by atoms with Crippen molar-refractivity contribution in [1.82, 2.24) is 14.6 Å². The smallest absolute Gasteiger partial charge is 0.731 e. The van der Waals surface area contributed by atoms with Crippen molar-refractivity contribution in [2.75, 3.05) is 5.73 Å². The van der Waals surface area contributed by atoms with Gasteiger partial charge in [-0.25, -0.2) is 17.7 Å². The number of anilines is 1. The summed E-state index contributed by atoms with van der Waals surface area (Å²) in [6.07, 6.45) is 0. The number of aliphatic carboxylic acids is 1. The van der Waals surface area contributed by atoms with Gasteiger partial charge in [-0.05, 0) is 20.8 Å². The van der Waals surface area contributed by atoms with Crippen molar-refractivity contribution in [1.29, 1.82) is 0 Å². The first-order valence-electron chi connectivity index (χ1n) is 7.54. The monoisotopic (exact) mass is 479 g/mol. The molecule has 0 aliphatic carbocycles. The molecular weight excluding hydrogens is 464 g/mol. The topological polar surface area (TPSA) is 207 Å². The van der Waals surface area contributed by atoms with Gasteiger partial charge in [-0.3, -0.25) is 9.59 Å².